The van der Waals surface area contributed by atoms with E-state index in [0.717, 1.165) is 69.4 Å². The third kappa shape index (κ3) is 3.06. The molecular formula is C22H30N4O. The first kappa shape index (κ1) is 17.2. The Morgan fingerprint density at radius 2 is 2.04 bits per heavy atom. The second kappa shape index (κ2) is 6.62. The summed E-state index contributed by atoms with van der Waals surface area (Å²) in [7, 11) is 0. The maximum atomic E-state index is 13.3. The number of aromatic nitrogens is 2. The molecule has 0 N–H and O–H groups in total. The number of fused-ring (bicyclic) bond motifs is 1. The number of likely N-dealkylation sites (tertiary alicyclic amines) is 2. The van der Waals surface area contributed by atoms with Crippen LogP contribution in [-0.4, -0.2) is 51.4 Å². The van der Waals surface area contributed by atoms with E-state index >= 15 is 0 Å². The summed E-state index contributed by atoms with van der Waals surface area (Å²) in [6.07, 6.45) is 5.87. The summed E-state index contributed by atoms with van der Waals surface area (Å²) in [6, 6.07) is 8.39. The van der Waals surface area contributed by atoms with Crippen LogP contribution in [0.2, 0.25) is 0 Å². The van der Waals surface area contributed by atoms with Crippen molar-refractivity contribution in [1.29, 1.82) is 0 Å². The van der Waals surface area contributed by atoms with Gasteiger partial charge in [0.05, 0.1) is 23.0 Å². The van der Waals surface area contributed by atoms with Gasteiger partial charge in [-0.1, -0.05) is 12.1 Å². The van der Waals surface area contributed by atoms with Gasteiger partial charge in [0, 0.05) is 26.2 Å². The number of piperidine rings is 1. The average Bonchev–Trinajstić information content (AvgIpc) is 3.29. The van der Waals surface area contributed by atoms with E-state index in [4.69, 9.17) is 4.98 Å². The van der Waals surface area contributed by atoms with Crippen LogP contribution in [0.4, 0.5) is 0 Å². The zero-order valence-corrected chi connectivity index (χ0v) is 16.4. The molecule has 0 radical (unpaired) electrons. The van der Waals surface area contributed by atoms with Gasteiger partial charge in [0.15, 0.2) is 0 Å². The van der Waals surface area contributed by atoms with Crippen molar-refractivity contribution in [3.63, 3.8) is 0 Å². The Morgan fingerprint density at radius 3 is 2.85 bits per heavy atom. The van der Waals surface area contributed by atoms with Crippen molar-refractivity contribution in [2.24, 2.45) is 11.3 Å². The highest BCUT2D eigenvalue weighted by Gasteiger charge is 2.48. The van der Waals surface area contributed by atoms with Crippen molar-refractivity contribution in [1.82, 2.24) is 19.4 Å². The van der Waals surface area contributed by atoms with Crippen LogP contribution in [0.3, 0.4) is 0 Å². The third-order valence-corrected chi connectivity index (χ3v) is 6.85. The molecule has 2 aromatic rings. The minimum Gasteiger partial charge on any atom is -0.342 e. The van der Waals surface area contributed by atoms with Crippen molar-refractivity contribution < 1.29 is 4.79 Å². The molecule has 5 rings (SSSR count). The Kier molecular flexibility index (Phi) is 4.23. The lowest BCUT2D eigenvalue weighted by atomic mass is 9.78. The van der Waals surface area contributed by atoms with Crippen LogP contribution in [0.15, 0.2) is 24.3 Å². The molecule has 3 aliphatic rings. The number of hydrogen-bond acceptors (Lipinski definition) is 3. The molecular weight excluding hydrogens is 336 g/mol. The van der Waals surface area contributed by atoms with E-state index in [1.165, 1.54) is 24.8 Å². The van der Waals surface area contributed by atoms with Gasteiger partial charge >= 0.3 is 0 Å². The number of carbonyl (C=O) groups excluding carboxylic acids is 1. The van der Waals surface area contributed by atoms with Gasteiger partial charge in [-0.15, -0.1) is 0 Å². The first-order valence-electron chi connectivity index (χ1n) is 10.6. The lowest BCUT2D eigenvalue weighted by Crippen LogP contribution is -2.50. The summed E-state index contributed by atoms with van der Waals surface area (Å²) >= 11 is 0. The highest BCUT2D eigenvalue weighted by molar-refractivity contribution is 5.84. The molecule has 27 heavy (non-hydrogen) atoms. The summed E-state index contributed by atoms with van der Waals surface area (Å²) in [4.78, 5) is 22.8. The Balaban J connectivity index is 1.33. The smallest absolute Gasteiger partial charge is 0.230 e. The molecule has 0 unspecified atom stereocenters. The summed E-state index contributed by atoms with van der Waals surface area (Å²) < 4.78 is 2.32. The fourth-order valence-electron chi connectivity index (χ4n) is 5.21. The molecule has 1 spiro atoms. The van der Waals surface area contributed by atoms with Gasteiger partial charge in [0.1, 0.15) is 5.82 Å². The van der Waals surface area contributed by atoms with Gasteiger partial charge in [-0.05, 0) is 63.6 Å². The minimum atomic E-state index is -0.129. The molecule has 5 heteroatoms. The molecule has 3 heterocycles. The van der Waals surface area contributed by atoms with Crippen molar-refractivity contribution >= 4 is 16.9 Å². The predicted octanol–water partition coefficient (Wildman–Crippen LogP) is 3.28. The highest BCUT2D eigenvalue weighted by atomic mass is 16.2. The van der Waals surface area contributed by atoms with Crippen LogP contribution < -0.4 is 0 Å². The van der Waals surface area contributed by atoms with Crippen LogP contribution in [0, 0.1) is 11.3 Å². The van der Waals surface area contributed by atoms with E-state index in [9.17, 15) is 4.79 Å². The predicted molar refractivity (Wildman–Crippen MR) is 106 cm³/mol. The normalized spacial score (nSPS) is 26.6. The summed E-state index contributed by atoms with van der Waals surface area (Å²) in [5.41, 5.74) is 2.16. The van der Waals surface area contributed by atoms with Gasteiger partial charge in [0.25, 0.3) is 0 Å². The zero-order valence-electron chi connectivity index (χ0n) is 16.4. The Hall–Kier alpha value is -1.88. The van der Waals surface area contributed by atoms with Gasteiger partial charge in [-0.2, -0.15) is 0 Å². The number of benzene rings is 1. The first-order valence-corrected chi connectivity index (χ1v) is 10.6. The summed E-state index contributed by atoms with van der Waals surface area (Å²) in [5.74, 6) is 2.35. The standard InChI is InChI=1S/C22H30N4O/c1-2-26-19-7-4-3-6-18(19)23-20(26)15-24-13-11-22(16-24)10-5-12-25(21(22)27)14-17-8-9-17/h3-4,6-7,17H,2,5,8-16H2,1H3/t22-/m0/s1. The van der Waals surface area contributed by atoms with Crippen LogP contribution in [0.1, 0.15) is 44.9 Å². The number of aryl methyl sites for hydroxylation is 1. The lowest BCUT2D eigenvalue weighted by molar-refractivity contribution is -0.145. The van der Waals surface area contributed by atoms with E-state index < -0.39 is 0 Å². The number of rotatable bonds is 5. The fourth-order valence-corrected chi connectivity index (χ4v) is 5.21. The van der Waals surface area contributed by atoms with Gasteiger partial charge in [-0.25, -0.2) is 4.98 Å². The molecule has 1 atom stereocenters. The van der Waals surface area contributed by atoms with E-state index in [1.54, 1.807) is 0 Å². The topological polar surface area (TPSA) is 41.4 Å². The van der Waals surface area contributed by atoms with Crippen LogP contribution in [-0.2, 0) is 17.9 Å². The minimum absolute atomic E-state index is 0.129. The number of amides is 1. The van der Waals surface area contributed by atoms with Crippen LogP contribution in [0.5, 0.6) is 0 Å². The number of carbonyl (C=O) groups is 1. The van der Waals surface area contributed by atoms with Crippen LogP contribution in [0.25, 0.3) is 11.0 Å². The van der Waals surface area contributed by atoms with Crippen molar-refractivity contribution in [3.8, 4) is 0 Å². The molecule has 1 saturated carbocycles. The number of imidazole rings is 1. The second-order valence-corrected chi connectivity index (χ2v) is 8.80. The Morgan fingerprint density at radius 1 is 1.19 bits per heavy atom. The highest BCUT2D eigenvalue weighted by Crippen LogP contribution is 2.42. The number of para-hydroxylation sites is 2. The molecule has 1 aromatic heterocycles. The van der Waals surface area contributed by atoms with Crippen molar-refractivity contribution in [2.75, 3.05) is 26.2 Å². The van der Waals surface area contributed by atoms with E-state index in [-0.39, 0.29) is 5.41 Å². The quantitative estimate of drug-likeness (QED) is 0.815. The van der Waals surface area contributed by atoms with Crippen molar-refractivity contribution in [3.05, 3.63) is 30.1 Å². The zero-order chi connectivity index (χ0) is 18.4. The molecule has 2 aliphatic heterocycles. The molecule has 144 valence electrons. The molecule has 1 amide bonds. The summed E-state index contributed by atoms with van der Waals surface area (Å²) in [6.45, 7) is 7.86. The maximum Gasteiger partial charge on any atom is 0.230 e. The fraction of sp³-hybridized carbons (Fsp3) is 0.636. The molecule has 1 aromatic carbocycles. The number of nitrogens with zero attached hydrogens (tertiary/aromatic N) is 4. The van der Waals surface area contributed by atoms with E-state index in [2.05, 4.69) is 45.6 Å². The van der Waals surface area contributed by atoms with Gasteiger partial charge in [0.2, 0.25) is 5.91 Å². The van der Waals surface area contributed by atoms with E-state index in [1.807, 2.05) is 0 Å². The Labute approximate surface area is 161 Å². The van der Waals surface area contributed by atoms with Crippen LogP contribution >= 0.6 is 0 Å². The molecule has 5 nitrogen and oxygen atoms in total. The largest absolute Gasteiger partial charge is 0.342 e. The monoisotopic (exact) mass is 366 g/mol. The summed E-state index contributed by atoms with van der Waals surface area (Å²) in [5, 5.41) is 0. The number of hydrogen-bond donors (Lipinski definition) is 0. The average molecular weight is 367 g/mol. The van der Waals surface area contributed by atoms with Crippen molar-refractivity contribution in [2.45, 2.75) is 52.1 Å². The maximum absolute atomic E-state index is 13.3. The van der Waals surface area contributed by atoms with Gasteiger partial charge in [-0.3, -0.25) is 9.69 Å². The second-order valence-electron chi connectivity index (χ2n) is 8.80. The SMILES string of the molecule is CCn1c(CN2CC[C@@]3(CCCN(CC4CC4)C3=O)C2)nc2ccccc21. The van der Waals surface area contributed by atoms with E-state index in [0.29, 0.717) is 5.91 Å². The first-order chi connectivity index (χ1) is 13.2. The molecule has 2 saturated heterocycles. The molecule has 1 aliphatic carbocycles. The Bertz CT molecular complexity index is 855. The third-order valence-electron chi connectivity index (χ3n) is 6.85. The molecule has 0 bridgehead atoms. The molecule has 3 fully saturated rings. The lowest BCUT2D eigenvalue weighted by Gasteiger charge is -2.39. The van der Waals surface area contributed by atoms with Gasteiger partial charge < -0.3 is 9.47 Å².